The summed E-state index contributed by atoms with van der Waals surface area (Å²) in [6.45, 7) is 0. The summed E-state index contributed by atoms with van der Waals surface area (Å²) in [5.41, 5.74) is 0.606. The standard InChI is InChI=1S/C24H18F3NO3S/c1-30-19-10-7-15(13-20(19)31-2)8-12-23(29)28-17-5-3-4-6-21(17)32-22-11-9-16(14-18(22)28)24(25,26)27/h3-14H,1-2H3/b12-8+. The molecule has 0 radical (unpaired) electrons. The average molecular weight is 457 g/mol. The molecule has 4 nitrogen and oxygen atoms in total. The Hall–Kier alpha value is -3.39. The van der Waals surface area contributed by atoms with E-state index in [0.717, 1.165) is 17.0 Å². The SMILES string of the molecule is COc1ccc(/C=C/C(=O)N2c3ccccc3Sc3ccc(C(F)(F)F)cc32)cc1OC. The normalized spacial score (nSPS) is 13.0. The molecule has 1 aliphatic rings. The molecule has 1 amide bonds. The maximum atomic E-state index is 13.3. The van der Waals surface area contributed by atoms with Crippen LogP contribution in [0.2, 0.25) is 0 Å². The zero-order chi connectivity index (χ0) is 22.9. The van der Waals surface area contributed by atoms with Crippen LogP contribution in [0.25, 0.3) is 6.08 Å². The molecule has 0 spiro atoms. The number of alkyl halides is 3. The Morgan fingerprint density at radius 1 is 0.906 bits per heavy atom. The number of halogens is 3. The highest BCUT2D eigenvalue weighted by atomic mass is 32.2. The van der Waals surface area contributed by atoms with Gasteiger partial charge >= 0.3 is 6.18 Å². The summed E-state index contributed by atoms with van der Waals surface area (Å²) in [6, 6.07) is 15.7. The largest absolute Gasteiger partial charge is 0.493 e. The number of hydrogen-bond donors (Lipinski definition) is 0. The van der Waals surface area contributed by atoms with Gasteiger partial charge in [0.1, 0.15) is 0 Å². The molecule has 0 atom stereocenters. The highest BCUT2D eigenvalue weighted by molar-refractivity contribution is 7.99. The molecule has 3 aromatic rings. The first-order valence-electron chi connectivity index (χ1n) is 9.54. The summed E-state index contributed by atoms with van der Waals surface area (Å²) in [4.78, 5) is 15.9. The molecule has 8 heteroatoms. The number of carbonyl (C=O) groups excluding carboxylic acids is 1. The van der Waals surface area contributed by atoms with Crippen LogP contribution < -0.4 is 14.4 Å². The second-order valence-electron chi connectivity index (χ2n) is 6.87. The Morgan fingerprint density at radius 2 is 1.62 bits per heavy atom. The van der Waals surface area contributed by atoms with Crippen molar-refractivity contribution in [1.29, 1.82) is 0 Å². The maximum absolute atomic E-state index is 13.3. The van der Waals surface area contributed by atoms with Crippen LogP contribution in [0.1, 0.15) is 11.1 Å². The number of fused-ring (bicyclic) bond motifs is 2. The smallest absolute Gasteiger partial charge is 0.416 e. The van der Waals surface area contributed by atoms with E-state index in [-0.39, 0.29) is 5.69 Å². The molecule has 0 bridgehead atoms. The molecule has 0 unspecified atom stereocenters. The number of rotatable bonds is 4. The molecule has 0 aliphatic carbocycles. The van der Waals surface area contributed by atoms with Crippen LogP contribution in [-0.4, -0.2) is 20.1 Å². The molecule has 4 rings (SSSR count). The average Bonchev–Trinajstić information content (AvgIpc) is 2.79. The highest BCUT2D eigenvalue weighted by Crippen LogP contribution is 2.49. The van der Waals surface area contributed by atoms with E-state index in [1.54, 1.807) is 36.4 Å². The van der Waals surface area contributed by atoms with E-state index < -0.39 is 17.6 Å². The molecule has 0 aromatic heterocycles. The summed E-state index contributed by atoms with van der Waals surface area (Å²) in [7, 11) is 3.03. The van der Waals surface area contributed by atoms with Gasteiger partial charge in [-0.3, -0.25) is 9.69 Å². The van der Waals surface area contributed by atoms with Crippen LogP contribution in [-0.2, 0) is 11.0 Å². The number of para-hydroxylation sites is 1. The Balaban J connectivity index is 1.74. The molecule has 0 saturated heterocycles. The lowest BCUT2D eigenvalue weighted by Crippen LogP contribution is -2.27. The third kappa shape index (κ3) is 4.18. The number of hydrogen-bond acceptors (Lipinski definition) is 4. The molecule has 0 saturated carbocycles. The fraction of sp³-hybridized carbons (Fsp3) is 0.125. The van der Waals surface area contributed by atoms with Crippen molar-refractivity contribution in [2.45, 2.75) is 16.0 Å². The van der Waals surface area contributed by atoms with E-state index in [9.17, 15) is 18.0 Å². The van der Waals surface area contributed by atoms with E-state index >= 15 is 0 Å². The monoisotopic (exact) mass is 457 g/mol. The number of carbonyl (C=O) groups is 1. The molecule has 0 fully saturated rings. The number of ether oxygens (including phenoxy) is 2. The zero-order valence-electron chi connectivity index (χ0n) is 17.1. The molecular formula is C24H18F3NO3S. The lowest BCUT2D eigenvalue weighted by atomic mass is 10.1. The lowest BCUT2D eigenvalue weighted by molar-refractivity contribution is -0.137. The minimum atomic E-state index is -4.51. The lowest BCUT2D eigenvalue weighted by Gasteiger charge is -2.31. The van der Waals surface area contributed by atoms with E-state index in [1.807, 2.05) is 12.1 Å². The van der Waals surface area contributed by atoms with Crippen molar-refractivity contribution in [1.82, 2.24) is 0 Å². The maximum Gasteiger partial charge on any atom is 0.416 e. The number of amides is 1. The first kappa shape index (κ1) is 21.8. The summed E-state index contributed by atoms with van der Waals surface area (Å²) >= 11 is 1.33. The first-order chi connectivity index (χ1) is 15.3. The molecule has 32 heavy (non-hydrogen) atoms. The summed E-state index contributed by atoms with van der Waals surface area (Å²) < 4.78 is 50.5. The summed E-state index contributed by atoms with van der Waals surface area (Å²) in [5.74, 6) is 0.585. The molecule has 0 N–H and O–H groups in total. The Labute approximate surface area is 187 Å². The minimum absolute atomic E-state index is 0.200. The van der Waals surface area contributed by atoms with Gasteiger partial charge in [0.2, 0.25) is 0 Å². The van der Waals surface area contributed by atoms with Gasteiger partial charge in [-0.15, -0.1) is 0 Å². The first-order valence-corrected chi connectivity index (χ1v) is 10.4. The summed E-state index contributed by atoms with van der Waals surface area (Å²) in [6.07, 6.45) is -1.60. The van der Waals surface area contributed by atoms with Gasteiger partial charge < -0.3 is 9.47 Å². The third-order valence-electron chi connectivity index (χ3n) is 4.90. The van der Waals surface area contributed by atoms with E-state index in [0.29, 0.717) is 27.6 Å². The van der Waals surface area contributed by atoms with Crippen LogP contribution in [0.5, 0.6) is 11.5 Å². The van der Waals surface area contributed by atoms with Gasteiger partial charge in [-0.2, -0.15) is 13.2 Å². The van der Waals surface area contributed by atoms with Gasteiger partial charge in [-0.05, 0) is 54.1 Å². The quantitative estimate of drug-likeness (QED) is 0.416. The van der Waals surface area contributed by atoms with Crippen molar-refractivity contribution >= 4 is 35.1 Å². The zero-order valence-corrected chi connectivity index (χ0v) is 18.0. The fourth-order valence-electron chi connectivity index (χ4n) is 3.37. The Bertz CT molecular complexity index is 1210. The van der Waals surface area contributed by atoms with Crippen molar-refractivity contribution in [3.63, 3.8) is 0 Å². The molecule has 3 aromatic carbocycles. The fourth-order valence-corrected chi connectivity index (χ4v) is 4.41. The van der Waals surface area contributed by atoms with Gasteiger partial charge in [0, 0.05) is 15.9 Å². The van der Waals surface area contributed by atoms with Gasteiger partial charge in [0.05, 0.1) is 31.2 Å². The topological polar surface area (TPSA) is 38.8 Å². The second-order valence-corrected chi connectivity index (χ2v) is 7.96. The Morgan fingerprint density at radius 3 is 2.34 bits per heavy atom. The van der Waals surface area contributed by atoms with Gasteiger partial charge in [0.25, 0.3) is 5.91 Å². The molecular weight excluding hydrogens is 439 g/mol. The van der Waals surface area contributed by atoms with Gasteiger partial charge in [-0.1, -0.05) is 30.0 Å². The second kappa shape index (κ2) is 8.63. The van der Waals surface area contributed by atoms with E-state index in [1.165, 1.54) is 43.0 Å². The predicted molar refractivity (Wildman–Crippen MR) is 118 cm³/mol. The van der Waals surface area contributed by atoms with Crippen LogP contribution in [0, 0.1) is 0 Å². The van der Waals surface area contributed by atoms with E-state index in [2.05, 4.69) is 0 Å². The van der Waals surface area contributed by atoms with E-state index in [4.69, 9.17) is 9.47 Å². The third-order valence-corrected chi connectivity index (χ3v) is 6.03. The highest BCUT2D eigenvalue weighted by Gasteiger charge is 2.34. The minimum Gasteiger partial charge on any atom is -0.493 e. The van der Waals surface area contributed by atoms with Crippen LogP contribution in [0.4, 0.5) is 24.5 Å². The molecule has 1 heterocycles. The predicted octanol–water partition coefficient (Wildman–Crippen LogP) is 6.57. The van der Waals surface area contributed by atoms with Gasteiger partial charge in [-0.25, -0.2) is 0 Å². The summed E-state index contributed by atoms with van der Waals surface area (Å²) in [5, 5.41) is 0. The van der Waals surface area contributed by atoms with Crippen LogP contribution in [0.3, 0.4) is 0 Å². The van der Waals surface area contributed by atoms with Crippen LogP contribution in [0.15, 0.2) is 76.5 Å². The van der Waals surface area contributed by atoms with Gasteiger partial charge in [0.15, 0.2) is 11.5 Å². The number of anilines is 2. The molecule has 164 valence electrons. The number of nitrogens with zero attached hydrogens (tertiary/aromatic N) is 1. The number of benzene rings is 3. The number of methoxy groups -OCH3 is 2. The van der Waals surface area contributed by atoms with Crippen LogP contribution >= 0.6 is 11.8 Å². The van der Waals surface area contributed by atoms with Crippen molar-refractivity contribution in [3.05, 3.63) is 77.9 Å². The molecule has 1 aliphatic heterocycles. The van der Waals surface area contributed by atoms with Crippen molar-refractivity contribution in [2.75, 3.05) is 19.1 Å². The van der Waals surface area contributed by atoms with Crippen molar-refractivity contribution in [2.24, 2.45) is 0 Å². The van der Waals surface area contributed by atoms with Crippen molar-refractivity contribution < 1.29 is 27.4 Å². The van der Waals surface area contributed by atoms with Crippen molar-refractivity contribution in [3.8, 4) is 11.5 Å². The Kier molecular flexibility index (Phi) is 5.88.